The molecule has 4 rings (SSSR count). The molecule has 1 saturated heterocycles. The zero-order valence-electron chi connectivity index (χ0n) is 19.6. The third kappa shape index (κ3) is 4.48. The van der Waals surface area contributed by atoms with E-state index >= 15 is 4.39 Å². The van der Waals surface area contributed by atoms with E-state index < -0.39 is 25.8 Å². The van der Waals surface area contributed by atoms with E-state index in [1.165, 1.54) is 6.92 Å². The molecule has 1 radical (unpaired) electrons. The van der Waals surface area contributed by atoms with Crippen molar-refractivity contribution >= 4 is 49.9 Å². The minimum absolute atomic E-state index is 0.0577. The van der Waals surface area contributed by atoms with Gasteiger partial charge in [0.2, 0.25) is 0 Å². The number of alkyl halides is 1. The Morgan fingerprint density at radius 3 is 2.64 bits per heavy atom. The number of aliphatic hydroxyl groups is 1. The molecule has 3 N–H and O–H groups in total. The zero-order valence-corrected chi connectivity index (χ0v) is 21.5. The fraction of sp³-hybridized carbons (Fsp3) is 0.478. The van der Waals surface area contributed by atoms with Gasteiger partial charge in [-0.05, 0) is 5.92 Å². The van der Waals surface area contributed by atoms with Gasteiger partial charge < -0.3 is 5.32 Å². The Morgan fingerprint density at radius 2 is 1.97 bits per heavy atom. The second kappa shape index (κ2) is 9.03. The van der Waals surface area contributed by atoms with Crippen LogP contribution < -0.4 is 15.5 Å². The van der Waals surface area contributed by atoms with E-state index in [1.807, 2.05) is 25.0 Å². The molecule has 33 heavy (non-hydrogen) atoms. The van der Waals surface area contributed by atoms with Crippen molar-refractivity contribution in [3.05, 3.63) is 36.3 Å². The summed E-state index contributed by atoms with van der Waals surface area (Å²) in [5.74, 6) is 2.75. The van der Waals surface area contributed by atoms with Crippen molar-refractivity contribution in [2.75, 3.05) is 35.7 Å². The first kappa shape index (κ1) is 23.6. The molecular weight excluding hydrogens is 484 g/mol. The number of pyridine rings is 2. The van der Waals surface area contributed by atoms with E-state index in [2.05, 4.69) is 44.4 Å². The van der Waals surface area contributed by atoms with Crippen molar-refractivity contribution in [2.24, 2.45) is 0 Å². The molecule has 3 aromatic heterocycles. The first-order valence-corrected chi connectivity index (χ1v) is 13.8. The van der Waals surface area contributed by atoms with E-state index in [9.17, 15) is 5.11 Å². The Labute approximate surface area is 200 Å². The number of hydrogen-bond acceptors (Lipinski definition) is 8. The van der Waals surface area contributed by atoms with E-state index in [-0.39, 0.29) is 6.54 Å². The molecule has 0 unspecified atom stereocenters. The van der Waals surface area contributed by atoms with E-state index in [0.717, 1.165) is 22.2 Å². The van der Waals surface area contributed by atoms with Crippen LogP contribution in [-0.4, -0.2) is 71.0 Å². The average Bonchev–Trinajstić information content (AvgIpc) is 2.80. The summed E-state index contributed by atoms with van der Waals surface area (Å²) in [6.07, 6.45) is 5.72. The maximum atomic E-state index is 15.3. The Hall–Kier alpha value is -2.51. The van der Waals surface area contributed by atoms with Gasteiger partial charge >= 0.3 is 151 Å². The molecule has 1 aliphatic rings. The van der Waals surface area contributed by atoms with Crippen LogP contribution in [0.4, 0.5) is 27.8 Å². The fourth-order valence-electron chi connectivity index (χ4n) is 4.22. The Balaban J connectivity index is 1.61. The molecule has 0 aliphatic carbocycles. The minimum atomic E-state index is -1.71. The number of aromatic nitrogens is 4. The average molecular weight is 514 g/mol. The third-order valence-electron chi connectivity index (χ3n) is 6.27. The second-order valence-electron chi connectivity index (χ2n) is 8.86. The molecule has 0 bridgehead atoms. The number of halogens is 1. The van der Waals surface area contributed by atoms with Crippen LogP contribution in [0.25, 0.3) is 10.8 Å². The number of rotatable bonds is 6. The van der Waals surface area contributed by atoms with Crippen LogP contribution in [-0.2, 0) is 0 Å². The molecule has 2 atom stereocenters. The Kier molecular flexibility index (Phi) is 6.47. The van der Waals surface area contributed by atoms with Crippen LogP contribution in [0.1, 0.15) is 38.7 Å². The molecule has 1 fully saturated rings. The van der Waals surface area contributed by atoms with Gasteiger partial charge in [-0.15, -0.1) is 0 Å². The van der Waals surface area contributed by atoms with Crippen LogP contribution in [0.3, 0.4) is 0 Å². The van der Waals surface area contributed by atoms with Crippen LogP contribution >= 0.6 is 0 Å². The first-order valence-electron chi connectivity index (χ1n) is 11.0. The summed E-state index contributed by atoms with van der Waals surface area (Å²) < 4.78 is 14.0. The van der Waals surface area contributed by atoms with Crippen molar-refractivity contribution in [1.82, 2.24) is 19.9 Å². The maximum absolute atomic E-state index is 15.3. The van der Waals surface area contributed by atoms with Crippen LogP contribution in [0.2, 0.25) is 5.71 Å². The molecule has 175 valence electrons. The van der Waals surface area contributed by atoms with Gasteiger partial charge in [-0.3, -0.25) is 0 Å². The molecule has 0 spiro atoms. The van der Waals surface area contributed by atoms with Crippen molar-refractivity contribution in [2.45, 2.75) is 48.9 Å². The first-order chi connectivity index (χ1) is 15.7. The van der Waals surface area contributed by atoms with Gasteiger partial charge in [0.25, 0.3) is 0 Å². The molecule has 4 heterocycles. The predicted molar refractivity (Wildman–Crippen MR) is 131 cm³/mol. The molecule has 0 saturated carbocycles. The number of nitrogens with one attached hydrogen (secondary N) is 2. The van der Waals surface area contributed by atoms with Crippen molar-refractivity contribution in [1.29, 1.82) is 0 Å². The summed E-state index contributed by atoms with van der Waals surface area (Å²) in [4.78, 5) is 19.8. The molecule has 3 aromatic rings. The number of nitrogens with zero attached hydrogens (tertiary/aromatic N) is 5. The number of piperidine rings is 1. The summed E-state index contributed by atoms with van der Waals surface area (Å²) in [5, 5.41) is 19.1. The summed E-state index contributed by atoms with van der Waals surface area (Å²) >= 11 is -0.508. The quantitative estimate of drug-likeness (QED) is 0.429. The SMILES string of the molecule is CNc1ncc(C(C)C)c2cc(Nc3ccnc(N4CC[C@@](O)([As]C)[C@@](C)(F)C4)n3)ncc12. The fourth-order valence-corrected chi connectivity index (χ4v) is 6.02. The van der Waals surface area contributed by atoms with Gasteiger partial charge in [0.15, 0.2) is 0 Å². The van der Waals surface area contributed by atoms with Gasteiger partial charge in [-0.25, -0.2) is 4.98 Å². The summed E-state index contributed by atoms with van der Waals surface area (Å²) in [7, 11) is 1.84. The molecular formula is C23H30AsFN7O. The van der Waals surface area contributed by atoms with E-state index in [0.29, 0.717) is 36.5 Å². The van der Waals surface area contributed by atoms with Gasteiger partial charge in [0.1, 0.15) is 5.82 Å². The second-order valence-corrected chi connectivity index (χ2v) is 11.3. The third-order valence-corrected chi connectivity index (χ3v) is 9.27. The molecule has 0 amide bonds. The van der Waals surface area contributed by atoms with Crippen LogP contribution in [0, 0.1) is 0 Å². The summed E-state index contributed by atoms with van der Waals surface area (Å²) in [5.41, 5.74) is 1.33. The monoisotopic (exact) mass is 514 g/mol. The molecule has 8 nitrogen and oxygen atoms in total. The molecule has 1 aliphatic heterocycles. The van der Waals surface area contributed by atoms with Gasteiger partial charge in [-0.2, -0.15) is 0 Å². The number of anilines is 4. The zero-order chi connectivity index (χ0) is 23.8. The van der Waals surface area contributed by atoms with Gasteiger partial charge in [0.05, 0.1) is 0 Å². The van der Waals surface area contributed by atoms with Gasteiger partial charge in [0, 0.05) is 13.2 Å². The number of hydrogen-bond donors (Lipinski definition) is 3. The topological polar surface area (TPSA) is 99.1 Å². The normalized spacial score (nSPS) is 23.6. The van der Waals surface area contributed by atoms with Crippen molar-refractivity contribution < 1.29 is 9.50 Å². The predicted octanol–water partition coefficient (Wildman–Crippen LogP) is 3.71. The van der Waals surface area contributed by atoms with Gasteiger partial charge in [-0.1, -0.05) is 13.8 Å². The van der Waals surface area contributed by atoms with Crippen molar-refractivity contribution in [3.63, 3.8) is 0 Å². The Morgan fingerprint density at radius 1 is 1.18 bits per heavy atom. The van der Waals surface area contributed by atoms with E-state index in [1.54, 1.807) is 23.4 Å². The van der Waals surface area contributed by atoms with Crippen LogP contribution in [0.5, 0.6) is 0 Å². The number of fused-ring (bicyclic) bond motifs is 1. The summed E-state index contributed by atoms with van der Waals surface area (Å²) in [6, 6.07) is 3.76. The standard InChI is InChI=1S/C23H30AsFN7O/c1-14(2)16-11-29-20(26-5)17-12-28-19(10-15(16)17)30-18-6-8-27-21(31-18)32-9-7-23(33,24-4)22(3,25)13-32/h6,8,10-12,14,33H,7,9,13H2,1-5H3,(H,26,29)(H,27,28,30,31)/t22-,23-/m0/s1. The molecule has 10 heteroatoms. The van der Waals surface area contributed by atoms with Crippen LogP contribution in [0.15, 0.2) is 30.7 Å². The molecule has 0 aromatic carbocycles. The van der Waals surface area contributed by atoms with Crippen molar-refractivity contribution in [3.8, 4) is 0 Å². The Bertz CT molecular complexity index is 1160. The summed E-state index contributed by atoms with van der Waals surface area (Å²) in [6.45, 7) is 6.31. The van der Waals surface area contributed by atoms with E-state index in [4.69, 9.17) is 0 Å².